The SMILES string of the molecule is CC(O)CN1CCC(CN(C)C(=O)C2CCCCC2(C)N)CC1.Cl.Cl. The Morgan fingerprint density at radius 2 is 1.88 bits per heavy atom. The van der Waals surface area contributed by atoms with Crippen LogP contribution >= 0.6 is 24.8 Å². The first-order valence-corrected chi connectivity index (χ1v) is 9.24. The first kappa shape index (κ1) is 24.9. The van der Waals surface area contributed by atoms with Crippen LogP contribution in [0.15, 0.2) is 0 Å². The minimum atomic E-state index is -0.343. The van der Waals surface area contributed by atoms with E-state index in [9.17, 15) is 9.90 Å². The van der Waals surface area contributed by atoms with E-state index in [1.54, 1.807) is 0 Å². The molecular formula is C18H37Cl2N3O2. The highest BCUT2D eigenvalue weighted by atomic mass is 35.5. The lowest BCUT2D eigenvalue weighted by atomic mass is 9.74. The Kier molecular flexibility index (Phi) is 10.9. The number of amides is 1. The van der Waals surface area contributed by atoms with Gasteiger partial charge in [0.15, 0.2) is 0 Å². The van der Waals surface area contributed by atoms with Gasteiger partial charge in [-0.3, -0.25) is 4.79 Å². The van der Waals surface area contributed by atoms with Crippen LogP contribution in [0.4, 0.5) is 0 Å². The zero-order valence-electron chi connectivity index (χ0n) is 15.9. The fraction of sp³-hybridized carbons (Fsp3) is 0.944. The van der Waals surface area contributed by atoms with Crippen LogP contribution in [0.25, 0.3) is 0 Å². The molecule has 1 aliphatic heterocycles. The number of aliphatic hydroxyl groups is 1. The molecule has 1 aliphatic carbocycles. The van der Waals surface area contributed by atoms with Crippen molar-refractivity contribution in [2.45, 2.75) is 64.0 Å². The Labute approximate surface area is 165 Å². The quantitative estimate of drug-likeness (QED) is 0.746. The van der Waals surface area contributed by atoms with Gasteiger partial charge < -0.3 is 20.6 Å². The largest absolute Gasteiger partial charge is 0.392 e. The van der Waals surface area contributed by atoms with E-state index in [2.05, 4.69) is 4.90 Å². The number of nitrogens with zero attached hydrogens (tertiary/aromatic N) is 2. The third-order valence-corrected chi connectivity index (χ3v) is 5.69. The lowest BCUT2D eigenvalue weighted by Crippen LogP contribution is -2.53. The Hall–Kier alpha value is -0.0700. The van der Waals surface area contributed by atoms with Crippen LogP contribution in [0, 0.1) is 11.8 Å². The Bertz CT molecular complexity index is 400. The number of hydrogen-bond acceptors (Lipinski definition) is 4. The maximum absolute atomic E-state index is 12.8. The first-order chi connectivity index (χ1) is 10.8. The van der Waals surface area contributed by atoms with Crippen LogP contribution in [0.3, 0.4) is 0 Å². The van der Waals surface area contributed by atoms with Gasteiger partial charge in [0.05, 0.1) is 12.0 Å². The van der Waals surface area contributed by atoms with Gasteiger partial charge in [-0.2, -0.15) is 0 Å². The van der Waals surface area contributed by atoms with E-state index in [0.717, 1.165) is 64.7 Å². The number of β-amino-alcohol motifs (C(OH)–C–C–N with tert-alkyl or cyclic N) is 1. The average molecular weight is 398 g/mol. The number of rotatable bonds is 5. The third-order valence-electron chi connectivity index (χ3n) is 5.69. The number of carbonyl (C=O) groups excluding carboxylic acids is 1. The molecule has 1 heterocycles. The van der Waals surface area contributed by atoms with Gasteiger partial charge in [-0.15, -0.1) is 24.8 Å². The molecule has 0 radical (unpaired) electrons. The Morgan fingerprint density at radius 1 is 1.28 bits per heavy atom. The maximum atomic E-state index is 12.8. The summed E-state index contributed by atoms with van der Waals surface area (Å²) in [6, 6.07) is 0. The van der Waals surface area contributed by atoms with Crippen molar-refractivity contribution < 1.29 is 9.90 Å². The predicted molar refractivity (Wildman–Crippen MR) is 108 cm³/mol. The Morgan fingerprint density at radius 3 is 2.40 bits per heavy atom. The monoisotopic (exact) mass is 397 g/mol. The summed E-state index contributed by atoms with van der Waals surface area (Å²) >= 11 is 0. The summed E-state index contributed by atoms with van der Waals surface area (Å²) in [5.74, 6) is 0.791. The van der Waals surface area contributed by atoms with E-state index in [1.807, 2.05) is 25.8 Å². The number of halogens is 2. The summed E-state index contributed by atoms with van der Waals surface area (Å²) in [7, 11) is 1.94. The van der Waals surface area contributed by atoms with Gasteiger partial charge in [-0.1, -0.05) is 12.8 Å². The van der Waals surface area contributed by atoms with Crippen molar-refractivity contribution in [2.24, 2.45) is 17.6 Å². The highest BCUT2D eigenvalue weighted by Crippen LogP contribution is 2.33. The molecule has 25 heavy (non-hydrogen) atoms. The second kappa shape index (κ2) is 10.9. The van der Waals surface area contributed by atoms with E-state index in [-0.39, 0.29) is 48.3 Å². The second-order valence-electron chi connectivity index (χ2n) is 8.12. The molecule has 2 fully saturated rings. The molecule has 1 saturated carbocycles. The summed E-state index contributed by atoms with van der Waals surface area (Å²) in [5, 5.41) is 9.48. The highest BCUT2D eigenvalue weighted by Gasteiger charge is 2.39. The minimum Gasteiger partial charge on any atom is -0.392 e. The molecule has 0 bridgehead atoms. The molecule has 5 nitrogen and oxygen atoms in total. The standard InChI is InChI=1S/C18H35N3O2.2ClH/c1-14(22)12-21-10-7-15(8-11-21)13-20(3)17(23)16-6-4-5-9-18(16,2)19;;/h14-16,22H,4-13,19H2,1-3H3;2*1H. The zero-order chi connectivity index (χ0) is 17.0. The lowest BCUT2D eigenvalue weighted by molar-refractivity contribution is -0.138. The first-order valence-electron chi connectivity index (χ1n) is 9.24. The summed E-state index contributed by atoms with van der Waals surface area (Å²) < 4.78 is 0. The smallest absolute Gasteiger partial charge is 0.227 e. The van der Waals surface area contributed by atoms with Gasteiger partial charge >= 0.3 is 0 Å². The van der Waals surface area contributed by atoms with Gasteiger partial charge in [0.1, 0.15) is 0 Å². The van der Waals surface area contributed by atoms with Crippen LogP contribution in [0.5, 0.6) is 0 Å². The van der Waals surface area contributed by atoms with Crippen LogP contribution < -0.4 is 5.73 Å². The van der Waals surface area contributed by atoms with E-state index in [0.29, 0.717) is 5.92 Å². The molecular weight excluding hydrogens is 361 g/mol. The van der Waals surface area contributed by atoms with Crippen molar-refractivity contribution in [1.82, 2.24) is 9.80 Å². The summed E-state index contributed by atoms with van der Waals surface area (Å²) in [4.78, 5) is 17.0. The number of hydrogen-bond donors (Lipinski definition) is 2. The third kappa shape index (κ3) is 7.22. The molecule has 1 saturated heterocycles. The number of nitrogens with two attached hydrogens (primary N) is 1. The molecule has 150 valence electrons. The van der Waals surface area contributed by atoms with Crippen molar-refractivity contribution in [3.63, 3.8) is 0 Å². The maximum Gasteiger partial charge on any atom is 0.227 e. The van der Waals surface area contributed by atoms with Crippen LogP contribution in [-0.2, 0) is 4.79 Å². The molecule has 7 heteroatoms. The molecule has 3 unspecified atom stereocenters. The molecule has 0 aromatic heterocycles. The molecule has 3 atom stereocenters. The molecule has 2 aliphatic rings. The van der Waals surface area contributed by atoms with Gasteiger partial charge in [0.2, 0.25) is 5.91 Å². The van der Waals surface area contributed by atoms with Crippen molar-refractivity contribution in [3.8, 4) is 0 Å². The summed E-state index contributed by atoms with van der Waals surface area (Å²) in [6.07, 6.45) is 6.10. The molecule has 0 aromatic carbocycles. The molecule has 0 spiro atoms. The normalized spacial score (nSPS) is 29.2. The summed E-state index contributed by atoms with van der Waals surface area (Å²) in [5.41, 5.74) is 6.04. The zero-order valence-corrected chi connectivity index (χ0v) is 17.6. The second-order valence-corrected chi connectivity index (χ2v) is 8.12. The molecule has 3 N–H and O–H groups in total. The Balaban J connectivity index is 0.00000288. The van der Waals surface area contributed by atoms with E-state index in [1.165, 1.54) is 0 Å². The number of aliphatic hydroxyl groups excluding tert-OH is 1. The van der Waals surface area contributed by atoms with Gasteiger partial charge in [-0.25, -0.2) is 0 Å². The van der Waals surface area contributed by atoms with E-state index < -0.39 is 0 Å². The van der Waals surface area contributed by atoms with Crippen molar-refractivity contribution >= 4 is 30.7 Å². The lowest BCUT2D eigenvalue weighted by Gasteiger charge is -2.40. The topological polar surface area (TPSA) is 69.8 Å². The van der Waals surface area contributed by atoms with Crippen molar-refractivity contribution in [1.29, 1.82) is 0 Å². The van der Waals surface area contributed by atoms with Crippen molar-refractivity contribution in [2.75, 3.05) is 33.2 Å². The van der Waals surface area contributed by atoms with Crippen LogP contribution in [0.2, 0.25) is 0 Å². The predicted octanol–water partition coefficient (Wildman–Crippen LogP) is 2.29. The minimum absolute atomic E-state index is 0. The summed E-state index contributed by atoms with van der Waals surface area (Å²) in [6.45, 7) is 7.53. The molecule has 1 amide bonds. The van der Waals surface area contributed by atoms with Gasteiger partial charge in [0.25, 0.3) is 0 Å². The highest BCUT2D eigenvalue weighted by molar-refractivity contribution is 5.85. The number of likely N-dealkylation sites (tertiary alicyclic amines) is 1. The van der Waals surface area contributed by atoms with Crippen LogP contribution in [-0.4, -0.2) is 65.7 Å². The average Bonchev–Trinajstić information content (AvgIpc) is 2.47. The number of piperidine rings is 1. The van der Waals surface area contributed by atoms with Gasteiger partial charge in [-0.05, 0) is 58.5 Å². The van der Waals surface area contributed by atoms with E-state index >= 15 is 0 Å². The fourth-order valence-corrected chi connectivity index (χ4v) is 4.23. The van der Waals surface area contributed by atoms with E-state index in [4.69, 9.17) is 5.73 Å². The molecule has 2 rings (SSSR count). The van der Waals surface area contributed by atoms with Crippen molar-refractivity contribution in [3.05, 3.63) is 0 Å². The number of carbonyl (C=O) groups is 1. The van der Waals surface area contributed by atoms with Gasteiger partial charge in [0, 0.05) is 25.7 Å². The van der Waals surface area contributed by atoms with Crippen LogP contribution in [0.1, 0.15) is 52.4 Å². The fourth-order valence-electron chi connectivity index (χ4n) is 4.23. The molecule has 0 aromatic rings.